The number of thiophene rings is 1. The number of ketones is 1. The van der Waals surface area contributed by atoms with Crippen LogP contribution < -0.4 is 4.57 Å². The number of hydrogen-bond acceptors (Lipinski definition) is 3. The first-order chi connectivity index (χ1) is 23.9. The molecule has 0 saturated heterocycles. The fourth-order valence-electron chi connectivity index (χ4n) is 7.30. The Hall–Kier alpha value is -3.11. The Balaban J connectivity index is 0.000000374. The third kappa shape index (κ3) is 9.10. The van der Waals surface area contributed by atoms with Gasteiger partial charge in [0.25, 0.3) is 0 Å². The quantitative estimate of drug-likeness (QED) is 0.0554. The van der Waals surface area contributed by atoms with Gasteiger partial charge in [-0.05, 0) is 84.7 Å². The number of nitrogens with zero attached hydrogens (tertiary/aromatic N) is 1. The van der Waals surface area contributed by atoms with E-state index in [-0.39, 0.29) is 48.9 Å². The second-order valence-electron chi connectivity index (χ2n) is 14.7. The molecule has 3 nitrogen and oxygen atoms in total. The number of aromatic nitrogens is 1. The third-order valence-corrected chi connectivity index (χ3v) is 12.2. The molecule has 51 heavy (non-hydrogen) atoms. The molecule has 0 bridgehead atoms. The summed E-state index contributed by atoms with van der Waals surface area (Å²) in [6.45, 7) is 24.3. The first-order valence-electron chi connectivity index (χ1n) is 18.9. The minimum Gasteiger partial charge on any atom is -0.512 e. The molecule has 0 saturated carbocycles. The van der Waals surface area contributed by atoms with Gasteiger partial charge in [-0.1, -0.05) is 104 Å². The van der Waals surface area contributed by atoms with E-state index in [1.807, 2.05) is 43.6 Å². The van der Waals surface area contributed by atoms with Crippen molar-refractivity contribution in [3.63, 3.8) is 0 Å². The number of pyridine rings is 1. The Morgan fingerprint density at radius 1 is 0.863 bits per heavy atom. The summed E-state index contributed by atoms with van der Waals surface area (Å²) < 4.78 is 4.69. The molecule has 5 rings (SSSR count). The summed E-state index contributed by atoms with van der Waals surface area (Å²) in [4.78, 5) is 11.7. The molecule has 1 N–H and O–H groups in total. The van der Waals surface area contributed by atoms with Crippen LogP contribution in [-0.2, 0) is 36.7 Å². The maximum Gasteiger partial charge on any atom is 0.162 e. The molecule has 2 aromatic heterocycles. The van der Waals surface area contributed by atoms with Crippen molar-refractivity contribution < 1.29 is 34.6 Å². The maximum absolute atomic E-state index is 11.7. The van der Waals surface area contributed by atoms with Crippen LogP contribution in [0.3, 0.4) is 0 Å². The van der Waals surface area contributed by atoms with Gasteiger partial charge in [0.15, 0.2) is 5.78 Å². The predicted octanol–water partition coefficient (Wildman–Crippen LogP) is 13.1. The van der Waals surface area contributed by atoms with Crippen molar-refractivity contribution >= 4 is 48.1 Å². The van der Waals surface area contributed by atoms with Crippen LogP contribution in [0.5, 0.6) is 0 Å². The molecule has 3 aromatic carbocycles. The summed E-state index contributed by atoms with van der Waals surface area (Å²) in [5.41, 5.74) is 6.38. The zero-order valence-corrected chi connectivity index (χ0v) is 35.7. The fourth-order valence-corrected chi connectivity index (χ4v) is 8.63. The van der Waals surface area contributed by atoms with E-state index in [9.17, 15) is 9.90 Å². The van der Waals surface area contributed by atoms with Gasteiger partial charge in [0.05, 0.1) is 17.6 Å². The molecule has 277 valence electrons. The van der Waals surface area contributed by atoms with Crippen LogP contribution >= 0.6 is 11.3 Å². The van der Waals surface area contributed by atoms with Crippen molar-refractivity contribution in [2.75, 3.05) is 0 Å². The van der Waals surface area contributed by atoms with Crippen LogP contribution in [0, 0.1) is 31.7 Å². The van der Waals surface area contributed by atoms with E-state index in [1.54, 1.807) is 0 Å². The van der Waals surface area contributed by atoms with Gasteiger partial charge >= 0.3 is 0 Å². The molecule has 1 radical (unpaired) electrons. The standard InChI is InChI=1S/C33H36NS.C13H24O2.Ir/c1-8-33(6,9-2)29-20-28(22(5)24-12-10-11-13-25(24)29)31-32-27(16-17-34(31)7)26-15-14-23(18-21(3)4)19-30(26)35-32;1-5-10(6-2)12(14)9-13(15)11(7-3)8-4;/h10-17,19-21H,5,7-9,18H2,1-4,6H3;9-11,14H,5-8H2,1-4H3;/q-1;;/b;12-9-;. The van der Waals surface area contributed by atoms with Crippen LogP contribution in [0.2, 0.25) is 0 Å². The van der Waals surface area contributed by atoms with Crippen molar-refractivity contribution in [1.82, 2.24) is 0 Å². The Kier molecular flexibility index (Phi) is 15.4. The molecule has 5 aromatic rings. The Labute approximate surface area is 325 Å². The number of hydrogen-bond donors (Lipinski definition) is 1. The maximum atomic E-state index is 11.7. The molecule has 0 fully saturated rings. The van der Waals surface area contributed by atoms with Crippen molar-refractivity contribution in [3.8, 4) is 11.3 Å². The molecular formula is C46H60IrNO2S-. The monoisotopic (exact) mass is 883 g/mol. The molecule has 0 unspecified atom stereocenters. The Morgan fingerprint density at radius 3 is 2.04 bits per heavy atom. The second kappa shape index (κ2) is 18.6. The smallest absolute Gasteiger partial charge is 0.162 e. The summed E-state index contributed by atoms with van der Waals surface area (Å²) in [5.74, 6) is 1.20. The molecule has 0 spiro atoms. The van der Waals surface area contributed by atoms with Crippen molar-refractivity contribution in [3.05, 3.63) is 103 Å². The van der Waals surface area contributed by atoms with Crippen LogP contribution in [0.1, 0.15) is 118 Å². The number of carbonyl (C=O) groups excluding carboxylic acids is 1. The van der Waals surface area contributed by atoms with Gasteiger partial charge in [0.2, 0.25) is 0 Å². The topological polar surface area (TPSA) is 41.2 Å². The van der Waals surface area contributed by atoms with Crippen LogP contribution in [0.25, 0.3) is 42.2 Å². The van der Waals surface area contributed by atoms with Gasteiger partial charge in [-0.3, -0.25) is 4.79 Å². The molecule has 0 amide bonds. The van der Waals surface area contributed by atoms with E-state index in [0.717, 1.165) is 50.5 Å². The number of benzene rings is 3. The number of aliphatic hydroxyl groups is 1. The second-order valence-corrected chi connectivity index (χ2v) is 15.7. The number of allylic oxidation sites excluding steroid dienone is 2. The van der Waals surface area contributed by atoms with Crippen LogP contribution in [0.15, 0.2) is 72.6 Å². The summed E-state index contributed by atoms with van der Waals surface area (Å²) in [6, 6.07) is 20.4. The normalized spacial score (nSPS) is 12.2. The van der Waals surface area contributed by atoms with Gasteiger partial charge in [0, 0.05) is 54.5 Å². The van der Waals surface area contributed by atoms with E-state index in [2.05, 4.69) is 109 Å². The molecule has 5 heteroatoms. The van der Waals surface area contributed by atoms with Crippen LogP contribution in [0.4, 0.5) is 0 Å². The average Bonchev–Trinajstić information content (AvgIpc) is 3.47. The summed E-state index contributed by atoms with van der Waals surface area (Å²) in [7, 11) is 4.42. The first-order valence-corrected chi connectivity index (χ1v) is 19.7. The van der Waals surface area contributed by atoms with E-state index in [0.29, 0.717) is 5.92 Å². The summed E-state index contributed by atoms with van der Waals surface area (Å²) in [6.07, 6.45) is 10.3. The Bertz CT molecular complexity index is 1960. The predicted molar refractivity (Wildman–Crippen MR) is 218 cm³/mol. The van der Waals surface area contributed by atoms with Gasteiger partial charge in [-0.15, -0.1) is 34.4 Å². The fraction of sp³-hybridized carbons (Fsp3) is 0.435. The summed E-state index contributed by atoms with van der Waals surface area (Å²) >= 11 is 1.89. The van der Waals surface area contributed by atoms with E-state index in [1.165, 1.54) is 59.4 Å². The average molecular weight is 883 g/mol. The Morgan fingerprint density at radius 2 is 1.47 bits per heavy atom. The zero-order valence-electron chi connectivity index (χ0n) is 32.5. The summed E-state index contributed by atoms with van der Waals surface area (Å²) in [5, 5.41) is 15.0. The molecule has 0 aliphatic carbocycles. The van der Waals surface area contributed by atoms with E-state index < -0.39 is 0 Å². The molecule has 0 aliphatic rings. The van der Waals surface area contributed by atoms with Crippen molar-refractivity contribution in [2.45, 2.75) is 113 Å². The third-order valence-electron chi connectivity index (χ3n) is 11.1. The van der Waals surface area contributed by atoms with Gasteiger partial charge in [0.1, 0.15) is 0 Å². The number of aliphatic hydroxyl groups excluding tert-OH is 1. The minimum atomic E-state index is 0. The number of carbonyl (C=O) groups is 1. The van der Waals surface area contributed by atoms with E-state index in [4.69, 9.17) is 0 Å². The molecule has 2 heterocycles. The van der Waals surface area contributed by atoms with Gasteiger partial charge < -0.3 is 9.67 Å². The van der Waals surface area contributed by atoms with Crippen molar-refractivity contribution in [2.24, 2.45) is 17.8 Å². The van der Waals surface area contributed by atoms with Crippen molar-refractivity contribution in [1.29, 1.82) is 0 Å². The molecule has 0 atom stereocenters. The minimum absolute atomic E-state index is 0. The molecule has 0 aliphatic heterocycles. The van der Waals surface area contributed by atoms with Gasteiger partial charge in [-0.2, -0.15) is 12.5 Å². The van der Waals surface area contributed by atoms with Gasteiger partial charge in [-0.25, -0.2) is 0 Å². The largest absolute Gasteiger partial charge is 0.512 e. The van der Waals surface area contributed by atoms with E-state index >= 15 is 0 Å². The zero-order chi connectivity index (χ0) is 36.7. The first kappa shape index (κ1) is 42.3. The number of fused-ring (bicyclic) bond motifs is 4. The van der Waals surface area contributed by atoms with Crippen LogP contribution in [-0.4, -0.2) is 10.9 Å². The number of rotatable bonds is 13. The SMILES string of the molecule is CCC(CC)C(=O)/C=C(\O)C(CC)CC.[CH2-]c1c(-c2c3sc4cc(CC(C)C)ccc4c3cc[n+]2[CH2-])cc(C(C)(CC)CC)c2ccccc12.[Ir]. The molecular weight excluding hydrogens is 823 g/mol.